The van der Waals surface area contributed by atoms with Crippen LogP contribution in [-0.4, -0.2) is 13.2 Å². The summed E-state index contributed by atoms with van der Waals surface area (Å²) in [4.78, 5) is 0. The average molecular weight is 342 g/mol. The van der Waals surface area contributed by atoms with Gasteiger partial charge in [-0.15, -0.1) is 0 Å². The topological polar surface area (TPSA) is 27.7 Å². The molecule has 0 aliphatic carbocycles. The molecule has 2 rings (SSSR count). The Morgan fingerprint density at radius 1 is 0.640 bits per heavy atom. The lowest BCUT2D eigenvalue weighted by atomic mass is 10.2. The molecule has 25 heavy (non-hydrogen) atoms. The normalized spacial score (nSPS) is 10.5. The molecule has 3 nitrogen and oxygen atoms in total. The van der Waals surface area contributed by atoms with Crippen molar-refractivity contribution in [2.24, 2.45) is 0 Å². The van der Waals surface area contributed by atoms with Crippen LogP contribution >= 0.6 is 0 Å². The first-order valence-electron chi connectivity index (χ1n) is 9.46. The standard InChI is InChI=1S/C22H30O3/c1-3-5-10-17-23-20-15-12-16-21(22(20)24-18-11-6-4-2)25-19-13-8-7-9-14-19/h7-9,12-16H,3-6,10-11,17-18H2,1-2H3. The van der Waals surface area contributed by atoms with Crippen LogP contribution in [0.25, 0.3) is 0 Å². The molecule has 0 heterocycles. The van der Waals surface area contributed by atoms with Gasteiger partial charge in [-0.1, -0.05) is 63.8 Å². The first kappa shape index (κ1) is 19.2. The fourth-order valence-corrected chi connectivity index (χ4v) is 2.51. The minimum Gasteiger partial charge on any atom is -0.490 e. The van der Waals surface area contributed by atoms with Crippen molar-refractivity contribution in [2.45, 2.75) is 52.4 Å². The summed E-state index contributed by atoms with van der Waals surface area (Å²) in [6.07, 6.45) is 6.77. The molecule has 0 aromatic heterocycles. The van der Waals surface area contributed by atoms with Crippen molar-refractivity contribution in [3.8, 4) is 23.0 Å². The van der Waals surface area contributed by atoms with Gasteiger partial charge in [0, 0.05) is 0 Å². The molecule has 2 aromatic carbocycles. The van der Waals surface area contributed by atoms with E-state index in [2.05, 4.69) is 13.8 Å². The van der Waals surface area contributed by atoms with Crippen molar-refractivity contribution in [3.63, 3.8) is 0 Å². The summed E-state index contributed by atoms with van der Waals surface area (Å²) in [7, 11) is 0. The second kappa shape index (κ2) is 11.4. The summed E-state index contributed by atoms with van der Waals surface area (Å²) >= 11 is 0. The van der Waals surface area contributed by atoms with E-state index in [-0.39, 0.29) is 0 Å². The summed E-state index contributed by atoms with van der Waals surface area (Å²) < 4.78 is 18.0. The highest BCUT2D eigenvalue weighted by Crippen LogP contribution is 2.39. The van der Waals surface area contributed by atoms with Gasteiger partial charge in [-0.3, -0.25) is 0 Å². The summed E-state index contributed by atoms with van der Waals surface area (Å²) in [5.74, 6) is 2.97. The predicted octanol–water partition coefficient (Wildman–Crippen LogP) is 6.62. The van der Waals surface area contributed by atoms with Crippen LogP contribution in [0.4, 0.5) is 0 Å². The van der Waals surface area contributed by atoms with E-state index in [0.717, 1.165) is 30.8 Å². The van der Waals surface area contributed by atoms with Crippen LogP contribution in [0, 0.1) is 0 Å². The minimum atomic E-state index is 0.675. The smallest absolute Gasteiger partial charge is 0.204 e. The molecular weight excluding hydrogens is 312 g/mol. The molecule has 0 unspecified atom stereocenters. The highest BCUT2D eigenvalue weighted by molar-refractivity contribution is 5.52. The average Bonchev–Trinajstić information content (AvgIpc) is 2.64. The van der Waals surface area contributed by atoms with E-state index in [4.69, 9.17) is 14.2 Å². The third kappa shape index (κ3) is 6.69. The van der Waals surface area contributed by atoms with Crippen molar-refractivity contribution in [3.05, 3.63) is 48.5 Å². The number of ether oxygens (including phenoxy) is 3. The zero-order chi connectivity index (χ0) is 17.7. The van der Waals surface area contributed by atoms with E-state index in [9.17, 15) is 0 Å². The van der Waals surface area contributed by atoms with Gasteiger partial charge in [0.1, 0.15) is 5.75 Å². The van der Waals surface area contributed by atoms with E-state index < -0.39 is 0 Å². The molecule has 0 N–H and O–H groups in total. The molecule has 0 bridgehead atoms. The van der Waals surface area contributed by atoms with Gasteiger partial charge in [0.15, 0.2) is 11.5 Å². The van der Waals surface area contributed by atoms with Gasteiger partial charge in [-0.2, -0.15) is 0 Å². The summed E-state index contributed by atoms with van der Waals surface area (Å²) in [5.41, 5.74) is 0. The van der Waals surface area contributed by atoms with E-state index in [1.54, 1.807) is 0 Å². The summed E-state index contributed by atoms with van der Waals surface area (Å²) in [5, 5.41) is 0. The van der Waals surface area contributed by atoms with Gasteiger partial charge in [0.25, 0.3) is 0 Å². The van der Waals surface area contributed by atoms with E-state index in [1.165, 1.54) is 19.3 Å². The Hall–Kier alpha value is -2.16. The molecule has 0 spiro atoms. The highest BCUT2D eigenvalue weighted by Gasteiger charge is 2.13. The SMILES string of the molecule is CCCCCOc1cccc(Oc2ccccc2)c1OCCCCC. The highest BCUT2D eigenvalue weighted by atomic mass is 16.5. The second-order valence-electron chi connectivity index (χ2n) is 6.11. The zero-order valence-corrected chi connectivity index (χ0v) is 15.5. The largest absolute Gasteiger partial charge is 0.490 e. The lowest BCUT2D eigenvalue weighted by Gasteiger charge is -2.17. The number of unbranched alkanes of at least 4 members (excludes halogenated alkanes) is 4. The maximum Gasteiger partial charge on any atom is 0.204 e. The molecule has 0 amide bonds. The van der Waals surface area contributed by atoms with Crippen LogP contribution in [-0.2, 0) is 0 Å². The molecule has 0 aliphatic heterocycles. The van der Waals surface area contributed by atoms with E-state index in [0.29, 0.717) is 24.7 Å². The number of rotatable bonds is 12. The number of para-hydroxylation sites is 2. The van der Waals surface area contributed by atoms with Crippen molar-refractivity contribution in [1.82, 2.24) is 0 Å². The maximum absolute atomic E-state index is 6.05. The molecular formula is C22H30O3. The maximum atomic E-state index is 6.05. The van der Waals surface area contributed by atoms with Crippen LogP contribution in [0.3, 0.4) is 0 Å². The third-order valence-electron chi connectivity index (χ3n) is 3.91. The molecule has 3 heteroatoms. The van der Waals surface area contributed by atoms with Gasteiger partial charge in [-0.25, -0.2) is 0 Å². The first-order valence-corrected chi connectivity index (χ1v) is 9.46. The Bertz CT molecular complexity index is 595. The van der Waals surface area contributed by atoms with Crippen molar-refractivity contribution in [2.75, 3.05) is 13.2 Å². The predicted molar refractivity (Wildman–Crippen MR) is 103 cm³/mol. The molecule has 0 saturated carbocycles. The minimum absolute atomic E-state index is 0.675. The van der Waals surface area contributed by atoms with Crippen LogP contribution in [0.2, 0.25) is 0 Å². The molecule has 0 fully saturated rings. The fourth-order valence-electron chi connectivity index (χ4n) is 2.51. The number of hydrogen-bond acceptors (Lipinski definition) is 3. The Balaban J connectivity index is 2.11. The van der Waals surface area contributed by atoms with Gasteiger partial charge in [0.2, 0.25) is 5.75 Å². The monoisotopic (exact) mass is 342 g/mol. The van der Waals surface area contributed by atoms with Crippen LogP contribution in [0.15, 0.2) is 48.5 Å². The number of benzene rings is 2. The Morgan fingerprint density at radius 2 is 1.28 bits per heavy atom. The lowest BCUT2D eigenvalue weighted by molar-refractivity contribution is 0.251. The Kier molecular flexibility index (Phi) is 8.74. The Labute approximate surface area is 151 Å². The lowest BCUT2D eigenvalue weighted by Crippen LogP contribution is -2.04. The fraction of sp³-hybridized carbons (Fsp3) is 0.455. The quantitative estimate of drug-likeness (QED) is 0.406. The van der Waals surface area contributed by atoms with Gasteiger partial charge < -0.3 is 14.2 Å². The summed E-state index contributed by atoms with van der Waals surface area (Å²) in [6.45, 7) is 5.76. The molecule has 0 aliphatic rings. The molecule has 0 radical (unpaired) electrons. The van der Waals surface area contributed by atoms with Crippen molar-refractivity contribution < 1.29 is 14.2 Å². The van der Waals surface area contributed by atoms with Crippen LogP contribution in [0.1, 0.15) is 52.4 Å². The Morgan fingerprint density at radius 3 is 1.96 bits per heavy atom. The van der Waals surface area contributed by atoms with Crippen molar-refractivity contribution >= 4 is 0 Å². The van der Waals surface area contributed by atoms with Crippen molar-refractivity contribution in [1.29, 1.82) is 0 Å². The summed E-state index contributed by atoms with van der Waals surface area (Å²) in [6, 6.07) is 15.6. The molecule has 2 aromatic rings. The molecule has 136 valence electrons. The third-order valence-corrected chi connectivity index (χ3v) is 3.91. The van der Waals surface area contributed by atoms with E-state index in [1.807, 2.05) is 48.5 Å². The van der Waals surface area contributed by atoms with Gasteiger partial charge in [-0.05, 0) is 37.1 Å². The molecule has 0 saturated heterocycles. The first-order chi connectivity index (χ1) is 12.3. The van der Waals surface area contributed by atoms with Gasteiger partial charge >= 0.3 is 0 Å². The zero-order valence-electron chi connectivity index (χ0n) is 15.5. The molecule has 0 atom stereocenters. The second-order valence-corrected chi connectivity index (χ2v) is 6.11. The van der Waals surface area contributed by atoms with E-state index >= 15 is 0 Å². The van der Waals surface area contributed by atoms with Gasteiger partial charge in [0.05, 0.1) is 13.2 Å². The number of hydrogen-bond donors (Lipinski definition) is 0. The van der Waals surface area contributed by atoms with Crippen LogP contribution in [0.5, 0.6) is 23.0 Å². The van der Waals surface area contributed by atoms with Crippen LogP contribution < -0.4 is 14.2 Å².